The fraction of sp³-hybridized carbons (Fsp3) is 0.625. The van der Waals surface area contributed by atoms with Gasteiger partial charge in [0.05, 0.1) is 12.3 Å². The van der Waals surface area contributed by atoms with E-state index in [-0.39, 0.29) is 0 Å². The van der Waals surface area contributed by atoms with Crippen LogP contribution in [0.4, 0.5) is 11.4 Å². The normalized spacial score (nSPS) is 17.7. The highest BCUT2D eigenvalue weighted by molar-refractivity contribution is 5.62. The molecule has 0 aromatic heterocycles. The average molecular weight is 262 g/mol. The maximum atomic E-state index is 5.94. The molecule has 0 radical (unpaired) electrons. The molecule has 0 saturated carbocycles. The summed E-state index contributed by atoms with van der Waals surface area (Å²) in [5.41, 5.74) is 8.39. The van der Waals surface area contributed by atoms with Crippen LogP contribution < -0.4 is 15.4 Å². The predicted octanol–water partition coefficient (Wildman–Crippen LogP) is 3.68. The van der Waals surface area contributed by atoms with Crippen molar-refractivity contribution < 1.29 is 4.74 Å². The highest BCUT2D eigenvalue weighted by Gasteiger charge is 2.35. The third-order valence-corrected chi connectivity index (χ3v) is 4.60. The summed E-state index contributed by atoms with van der Waals surface area (Å²) >= 11 is 0. The highest BCUT2D eigenvalue weighted by Crippen LogP contribution is 2.40. The van der Waals surface area contributed by atoms with E-state index in [1.165, 1.54) is 24.9 Å². The van der Waals surface area contributed by atoms with E-state index in [0.29, 0.717) is 12.0 Å². The number of nitrogen functional groups attached to an aromatic ring is 1. The third kappa shape index (κ3) is 2.80. The van der Waals surface area contributed by atoms with E-state index in [1.807, 2.05) is 13.0 Å². The second-order valence-corrected chi connectivity index (χ2v) is 5.53. The third-order valence-electron chi connectivity index (χ3n) is 4.60. The zero-order valence-corrected chi connectivity index (χ0v) is 12.4. The summed E-state index contributed by atoms with van der Waals surface area (Å²) in [7, 11) is 0. The summed E-state index contributed by atoms with van der Waals surface area (Å²) in [6.45, 7) is 9.54. The first-order valence-electron chi connectivity index (χ1n) is 7.41. The molecule has 0 bridgehead atoms. The number of nitrogens with zero attached hydrogens (tertiary/aromatic N) is 1. The van der Waals surface area contributed by atoms with Gasteiger partial charge in [-0.25, -0.2) is 0 Å². The van der Waals surface area contributed by atoms with E-state index in [1.54, 1.807) is 0 Å². The van der Waals surface area contributed by atoms with E-state index < -0.39 is 0 Å². The molecule has 2 N–H and O–H groups in total. The molecule has 1 aromatic carbocycles. The van der Waals surface area contributed by atoms with Gasteiger partial charge in [-0.2, -0.15) is 0 Å². The summed E-state index contributed by atoms with van der Waals surface area (Å²) in [5, 5.41) is 0. The minimum absolute atomic E-state index is 0.493. The monoisotopic (exact) mass is 262 g/mol. The van der Waals surface area contributed by atoms with Gasteiger partial charge in [-0.15, -0.1) is 0 Å². The predicted molar refractivity (Wildman–Crippen MR) is 81.9 cm³/mol. The van der Waals surface area contributed by atoms with Crippen molar-refractivity contribution in [3.8, 4) is 5.75 Å². The molecule has 3 heteroatoms. The number of ether oxygens (including phenoxy) is 1. The van der Waals surface area contributed by atoms with Crippen molar-refractivity contribution in [1.82, 2.24) is 0 Å². The van der Waals surface area contributed by atoms with Gasteiger partial charge in [-0.3, -0.25) is 0 Å². The van der Waals surface area contributed by atoms with E-state index in [4.69, 9.17) is 10.5 Å². The molecule has 1 aromatic rings. The first kappa shape index (κ1) is 14.0. The summed E-state index contributed by atoms with van der Waals surface area (Å²) < 4.78 is 5.59. The molecule has 1 saturated heterocycles. The molecule has 1 fully saturated rings. The van der Waals surface area contributed by atoms with E-state index in [2.05, 4.69) is 30.9 Å². The van der Waals surface area contributed by atoms with Crippen molar-refractivity contribution in [2.24, 2.45) is 5.41 Å². The maximum Gasteiger partial charge on any atom is 0.144 e. The Labute approximate surface area is 116 Å². The summed E-state index contributed by atoms with van der Waals surface area (Å²) in [4.78, 5) is 2.47. The first-order valence-corrected chi connectivity index (χ1v) is 7.41. The number of nitrogens with two attached hydrogens (primary N) is 1. The van der Waals surface area contributed by atoms with Gasteiger partial charge >= 0.3 is 0 Å². The zero-order chi connectivity index (χ0) is 13.9. The van der Waals surface area contributed by atoms with Gasteiger partial charge in [-0.1, -0.05) is 13.8 Å². The molecule has 0 unspecified atom stereocenters. The van der Waals surface area contributed by atoms with Crippen LogP contribution in [0.3, 0.4) is 0 Å². The standard InChI is InChI=1S/C16H26N2O/c1-4-16(5-2)9-10-18(12-16)13-7-8-14(17)15(11-13)19-6-3/h7-8,11H,4-6,9-10,12,17H2,1-3H3. The Morgan fingerprint density at radius 2 is 2.00 bits per heavy atom. The van der Waals surface area contributed by atoms with E-state index in [9.17, 15) is 0 Å². The zero-order valence-electron chi connectivity index (χ0n) is 12.4. The van der Waals surface area contributed by atoms with Crippen molar-refractivity contribution in [3.63, 3.8) is 0 Å². The maximum absolute atomic E-state index is 5.94. The van der Waals surface area contributed by atoms with Crippen molar-refractivity contribution in [1.29, 1.82) is 0 Å². The second-order valence-electron chi connectivity index (χ2n) is 5.53. The van der Waals surface area contributed by atoms with Crippen molar-refractivity contribution >= 4 is 11.4 Å². The topological polar surface area (TPSA) is 38.5 Å². The first-order chi connectivity index (χ1) is 9.14. The van der Waals surface area contributed by atoms with Crippen LogP contribution in [-0.2, 0) is 0 Å². The van der Waals surface area contributed by atoms with Gasteiger partial charge in [0, 0.05) is 24.8 Å². The lowest BCUT2D eigenvalue weighted by molar-refractivity contribution is 0.301. The number of anilines is 2. The molecular formula is C16H26N2O. The number of benzene rings is 1. The van der Waals surface area contributed by atoms with Crippen LogP contribution >= 0.6 is 0 Å². The van der Waals surface area contributed by atoms with Crippen molar-refractivity contribution in [2.75, 3.05) is 30.3 Å². The molecule has 1 aliphatic rings. The molecule has 0 atom stereocenters. The Kier molecular flexibility index (Phi) is 4.23. The molecule has 0 aliphatic carbocycles. The summed E-state index contributed by atoms with van der Waals surface area (Å²) in [5.74, 6) is 0.811. The second kappa shape index (κ2) is 5.72. The molecule has 106 valence electrons. The Morgan fingerprint density at radius 1 is 1.26 bits per heavy atom. The van der Waals surface area contributed by atoms with Gasteiger partial charge in [0.25, 0.3) is 0 Å². The van der Waals surface area contributed by atoms with Crippen molar-refractivity contribution in [3.05, 3.63) is 18.2 Å². The van der Waals surface area contributed by atoms with Crippen LogP contribution in [0.5, 0.6) is 5.75 Å². The minimum Gasteiger partial charge on any atom is -0.492 e. The molecular weight excluding hydrogens is 236 g/mol. The molecule has 1 heterocycles. The molecule has 0 spiro atoms. The lowest BCUT2D eigenvalue weighted by atomic mass is 9.82. The van der Waals surface area contributed by atoms with Crippen LogP contribution in [0.1, 0.15) is 40.0 Å². The van der Waals surface area contributed by atoms with E-state index >= 15 is 0 Å². The number of rotatable bonds is 5. The van der Waals surface area contributed by atoms with Crippen LogP contribution in [-0.4, -0.2) is 19.7 Å². The van der Waals surface area contributed by atoms with Gasteiger partial charge in [0.1, 0.15) is 5.75 Å². The van der Waals surface area contributed by atoms with Gasteiger partial charge in [0.15, 0.2) is 0 Å². The molecule has 0 amide bonds. The van der Waals surface area contributed by atoms with Gasteiger partial charge in [0.2, 0.25) is 0 Å². The molecule has 2 rings (SSSR count). The number of hydrogen-bond acceptors (Lipinski definition) is 3. The minimum atomic E-state index is 0.493. The fourth-order valence-corrected chi connectivity index (χ4v) is 2.98. The Morgan fingerprint density at radius 3 is 2.58 bits per heavy atom. The quantitative estimate of drug-likeness (QED) is 0.823. The summed E-state index contributed by atoms with van der Waals surface area (Å²) in [6.07, 6.45) is 3.80. The fourth-order valence-electron chi connectivity index (χ4n) is 2.98. The largest absolute Gasteiger partial charge is 0.492 e. The van der Waals surface area contributed by atoms with Crippen LogP contribution in [0.2, 0.25) is 0 Å². The lowest BCUT2D eigenvalue weighted by Crippen LogP contribution is -2.26. The van der Waals surface area contributed by atoms with E-state index in [0.717, 1.165) is 24.5 Å². The Balaban J connectivity index is 2.17. The SMILES string of the molecule is CCOc1cc(N2CCC(CC)(CC)C2)ccc1N. The summed E-state index contributed by atoms with van der Waals surface area (Å²) in [6, 6.07) is 6.15. The average Bonchev–Trinajstić information content (AvgIpc) is 2.87. The van der Waals surface area contributed by atoms with Gasteiger partial charge in [-0.05, 0) is 43.7 Å². The smallest absolute Gasteiger partial charge is 0.144 e. The van der Waals surface area contributed by atoms with Crippen LogP contribution in [0.25, 0.3) is 0 Å². The Bertz CT molecular complexity index is 427. The van der Waals surface area contributed by atoms with Crippen LogP contribution in [0.15, 0.2) is 18.2 Å². The Hall–Kier alpha value is -1.38. The molecule has 1 aliphatic heterocycles. The highest BCUT2D eigenvalue weighted by atomic mass is 16.5. The van der Waals surface area contributed by atoms with Crippen LogP contribution in [0, 0.1) is 5.41 Å². The molecule has 19 heavy (non-hydrogen) atoms. The van der Waals surface area contributed by atoms with Crippen molar-refractivity contribution in [2.45, 2.75) is 40.0 Å². The van der Waals surface area contributed by atoms with Gasteiger partial charge < -0.3 is 15.4 Å². The number of hydrogen-bond donors (Lipinski definition) is 1. The molecule has 3 nitrogen and oxygen atoms in total. The lowest BCUT2D eigenvalue weighted by Gasteiger charge is -2.27.